The molecule has 0 aliphatic heterocycles. The Hall–Kier alpha value is -2.99. The van der Waals surface area contributed by atoms with Crippen molar-refractivity contribution in [3.05, 3.63) is 65.1 Å². The van der Waals surface area contributed by atoms with Crippen LogP contribution in [0, 0.1) is 13.8 Å². The van der Waals surface area contributed by atoms with Gasteiger partial charge in [-0.25, -0.2) is 4.98 Å². The number of pyridine rings is 1. The molecule has 0 atom stereocenters. The van der Waals surface area contributed by atoms with Crippen molar-refractivity contribution in [1.29, 1.82) is 0 Å². The van der Waals surface area contributed by atoms with E-state index >= 15 is 0 Å². The molecule has 1 aromatic carbocycles. The molecule has 124 valence electrons. The van der Waals surface area contributed by atoms with Crippen LogP contribution in [0.3, 0.4) is 0 Å². The molecule has 3 aromatic heterocycles. The van der Waals surface area contributed by atoms with Crippen LogP contribution in [0.2, 0.25) is 5.02 Å². The summed E-state index contributed by atoms with van der Waals surface area (Å²) in [6.07, 6.45) is 3.45. The summed E-state index contributed by atoms with van der Waals surface area (Å²) in [5, 5.41) is 8.62. The van der Waals surface area contributed by atoms with E-state index in [1.807, 2.05) is 50.2 Å². The largest absolute Gasteiger partial charge is 0.340 e. The molecule has 0 saturated heterocycles. The molecule has 0 spiro atoms. The second kappa shape index (κ2) is 6.14. The highest BCUT2D eigenvalue weighted by molar-refractivity contribution is 6.31. The van der Waals surface area contributed by atoms with E-state index in [1.54, 1.807) is 16.9 Å². The lowest BCUT2D eigenvalue weighted by Gasteiger charge is -2.09. The molecular formula is C18H15ClN6. The lowest BCUT2D eigenvalue weighted by Crippen LogP contribution is -2.02. The molecule has 0 bridgehead atoms. The molecule has 4 aromatic rings. The molecule has 1 N–H and O–H groups in total. The van der Waals surface area contributed by atoms with Crippen LogP contribution in [-0.2, 0) is 0 Å². The van der Waals surface area contributed by atoms with E-state index in [9.17, 15) is 0 Å². The number of anilines is 2. The Morgan fingerprint density at radius 3 is 2.72 bits per heavy atom. The zero-order chi connectivity index (χ0) is 17.4. The van der Waals surface area contributed by atoms with Crippen LogP contribution in [0.25, 0.3) is 17.2 Å². The number of aryl methyl sites for hydroxylation is 2. The second-order valence-electron chi connectivity index (χ2n) is 5.76. The van der Waals surface area contributed by atoms with E-state index in [2.05, 4.69) is 25.4 Å². The van der Waals surface area contributed by atoms with Gasteiger partial charge in [0.25, 0.3) is 5.78 Å². The number of nitrogens with one attached hydrogen (secondary N) is 1. The fraction of sp³-hybridized carbons (Fsp3) is 0.111. The van der Waals surface area contributed by atoms with Gasteiger partial charge in [0.15, 0.2) is 5.82 Å². The minimum atomic E-state index is 0.527. The van der Waals surface area contributed by atoms with Gasteiger partial charge in [0.2, 0.25) is 0 Å². The van der Waals surface area contributed by atoms with Gasteiger partial charge in [-0.15, -0.1) is 5.10 Å². The highest BCUT2D eigenvalue weighted by Crippen LogP contribution is 2.24. The van der Waals surface area contributed by atoms with E-state index in [0.29, 0.717) is 16.6 Å². The van der Waals surface area contributed by atoms with Gasteiger partial charge in [0.1, 0.15) is 5.82 Å². The van der Waals surface area contributed by atoms with Crippen LogP contribution >= 0.6 is 11.6 Å². The summed E-state index contributed by atoms with van der Waals surface area (Å²) in [4.78, 5) is 13.1. The fourth-order valence-corrected chi connectivity index (χ4v) is 2.69. The van der Waals surface area contributed by atoms with E-state index in [4.69, 9.17) is 11.6 Å². The maximum Gasteiger partial charge on any atom is 0.254 e. The lowest BCUT2D eigenvalue weighted by molar-refractivity contribution is 0.940. The van der Waals surface area contributed by atoms with Gasteiger partial charge in [0.05, 0.1) is 0 Å². The Morgan fingerprint density at radius 2 is 1.96 bits per heavy atom. The number of rotatable bonds is 3. The van der Waals surface area contributed by atoms with E-state index in [0.717, 1.165) is 28.3 Å². The third-order valence-electron chi connectivity index (χ3n) is 3.80. The maximum absolute atomic E-state index is 6.22. The van der Waals surface area contributed by atoms with E-state index < -0.39 is 0 Å². The summed E-state index contributed by atoms with van der Waals surface area (Å²) in [5.74, 6) is 1.88. The Morgan fingerprint density at radius 1 is 1.08 bits per heavy atom. The van der Waals surface area contributed by atoms with Crippen LogP contribution in [-0.4, -0.2) is 24.6 Å². The summed E-state index contributed by atoms with van der Waals surface area (Å²) in [7, 11) is 0. The SMILES string of the molecule is Cc1cc(Nc2ccc(C)c(Cl)c2)n2nc(-c3cccnc3)nc2n1. The van der Waals surface area contributed by atoms with Crippen LogP contribution in [0.1, 0.15) is 11.3 Å². The first-order valence-electron chi connectivity index (χ1n) is 7.78. The number of aromatic nitrogens is 5. The zero-order valence-electron chi connectivity index (χ0n) is 13.7. The minimum Gasteiger partial charge on any atom is -0.340 e. The number of halogens is 1. The van der Waals surface area contributed by atoms with Gasteiger partial charge in [-0.05, 0) is 43.7 Å². The van der Waals surface area contributed by atoms with E-state index in [1.165, 1.54) is 0 Å². The molecule has 0 amide bonds. The first-order valence-corrected chi connectivity index (χ1v) is 8.16. The van der Waals surface area contributed by atoms with E-state index in [-0.39, 0.29) is 0 Å². The van der Waals surface area contributed by atoms with Gasteiger partial charge >= 0.3 is 0 Å². The molecule has 0 aliphatic carbocycles. The van der Waals surface area contributed by atoms with Gasteiger partial charge < -0.3 is 5.32 Å². The summed E-state index contributed by atoms with van der Waals surface area (Å²) >= 11 is 6.22. The summed E-state index contributed by atoms with van der Waals surface area (Å²) in [6.45, 7) is 3.89. The molecule has 0 unspecified atom stereocenters. The van der Waals surface area contributed by atoms with Gasteiger partial charge in [-0.2, -0.15) is 9.50 Å². The van der Waals surface area contributed by atoms with Crippen molar-refractivity contribution in [2.24, 2.45) is 0 Å². The molecule has 25 heavy (non-hydrogen) atoms. The Kier molecular flexibility index (Phi) is 3.82. The molecule has 0 saturated carbocycles. The highest BCUT2D eigenvalue weighted by Gasteiger charge is 2.12. The van der Waals surface area contributed by atoms with Crippen molar-refractivity contribution in [1.82, 2.24) is 24.6 Å². The highest BCUT2D eigenvalue weighted by atomic mass is 35.5. The summed E-state index contributed by atoms with van der Waals surface area (Å²) in [5.41, 5.74) is 3.59. The minimum absolute atomic E-state index is 0.527. The average Bonchev–Trinajstić information content (AvgIpc) is 3.03. The maximum atomic E-state index is 6.22. The molecule has 0 aliphatic rings. The summed E-state index contributed by atoms with van der Waals surface area (Å²) < 4.78 is 1.68. The monoisotopic (exact) mass is 350 g/mol. The average molecular weight is 351 g/mol. The molecular weight excluding hydrogens is 336 g/mol. The van der Waals surface area contributed by atoms with Crippen molar-refractivity contribution in [3.8, 4) is 11.4 Å². The van der Waals surface area contributed by atoms with Crippen molar-refractivity contribution in [3.63, 3.8) is 0 Å². The Bertz CT molecular complexity index is 1060. The van der Waals surface area contributed by atoms with Crippen molar-refractivity contribution in [2.45, 2.75) is 13.8 Å². The Labute approximate surface area is 149 Å². The van der Waals surface area contributed by atoms with Crippen molar-refractivity contribution >= 4 is 28.9 Å². The third-order valence-corrected chi connectivity index (χ3v) is 4.21. The standard InChI is InChI=1S/C18H15ClN6/c1-11-5-6-14(9-15(11)19)22-16-8-12(2)21-18-23-17(24-25(16)18)13-4-3-7-20-10-13/h3-10,22H,1-2H3. The molecule has 3 heterocycles. The smallest absolute Gasteiger partial charge is 0.254 e. The Balaban J connectivity index is 1.80. The van der Waals surface area contributed by atoms with Crippen LogP contribution in [0.4, 0.5) is 11.5 Å². The first-order chi connectivity index (χ1) is 12.1. The van der Waals surface area contributed by atoms with Crippen molar-refractivity contribution in [2.75, 3.05) is 5.32 Å². The quantitative estimate of drug-likeness (QED) is 0.599. The van der Waals surface area contributed by atoms with Crippen LogP contribution in [0.15, 0.2) is 48.8 Å². The van der Waals surface area contributed by atoms with Gasteiger partial charge in [-0.1, -0.05) is 17.7 Å². The molecule has 6 nitrogen and oxygen atoms in total. The van der Waals surface area contributed by atoms with Gasteiger partial charge in [0, 0.05) is 40.4 Å². The van der Waals surface area contributed by atoms with Crippen LogP contribution < -0.4 is 5.32 Å². The number of hydrogen-bond donors (Lipinski definition) is 1. The second-order valence-corrected chi connectivity index (χ2v) is 6.17. The van der Waals surface area contributed by atoms with Crippen LogP contribution in [0.5, 0.6) is 0 Å². The van der Waals surface area contributed by atoms with Crippen molar-refractivity contribution < 1.29 is 0 Å². The molecule has 4 rings (SSSR count). The molecule has 7 heteroatoms. The topological polar surface area (TPSA) is 68.0 Å². The van der Waals surface area contributed by atoms with Gasteiger partial charge in [-0.3, -0.25) is 4.98 Å². The third kappa shape index (κ3) is 3.04. The predicted molar refractivity (Wildman–Crippen MR) is 98.2 cm³/mol. The lowest BCUT2D eigenvalue weighted by atomic mass is 10.2. The molecule has 0 radical (unpaired) electrons. The zero-order valence-corrected chi connectivity index (χ0v) is 14.5. The fourth-order valence-electron chi connectivity index (χ4n) is 2.51. The number of fused-ring (bicyclic) bond motifs is 1. The predicted octanol–water partition coefficient (Wildman–Crippen LogP) is 4.20. The molecule has 0 fully saturated rings. The number of nitrogens with zero attached hydrogens (tertiary/aromatic N) is 5. The number of hydrogen-bond acceptors (Lipinski definition) is 5. The summed E-state index contributed by atoms with van der Waals surface area (Å²) in [6, 6.07) is 11.5. The first kappa shape index (κ1) is 15.5. The number of benzene rings is 1. The normalized spacial score (nSPS) is 11.0.